The molecule has 0 radical (unpaired) electrons. The summed E-state index contributed by atoms with van der Waals surface area (Å²) in [5, 5.41) is 2.18. The summed E-state index contributed by atoms with van der Waals surface area (Å²) in [7, 11) is -3.98. The van der Waals surface area contributed by atoms with Gasteiger partial charge in [-0.1, -0.05) is 13.3 Å². The fraction of sp³-hybridized carbons (Fsp3) is 1.00. The van der Waals surface area contributed by atoms with Crippen molar-refractivity contribution in [3.8, 4) is 0 Å². The topological polar surface area (TPSA) is 57.2 Å². The molecule has 23 heavy (non-hydrogen) atoms. The number of hydrogen-bond donors (Lipinski definition) is 0. The first-order chi connectivity index (χ1) is 10.6. The van der Waals surface area contributed by atoms with Crippen molar-refractivity contribution in [1.82, 2.24) is 0 Å². The second-order valence-electron chi connectivity index (χ2n) is 6.12. The molecule has 0 fully saturated rings. The molecule has 0 aromatic rings. The van der Waals surface area contributed by atoms with E-state index in [9.17, 15) is 13.0 Å². The molecule has 0 atom stereocenters. The Morgan fingerprint density at radius 1 is 0.696 bits per heavy atom. The molecule has 134 valence electrons. The second kappa shape index (κ2) is 19.8. The predicted octanol–water partition coefficient (Wildman–Crippen LogP) is 2.17. The van der Waals surface area contributed by atoms with Crippen LogP contribution in [0.5, 0.6) is 0 Å². The average molecular weight is 421 g/mol. The summed E-state index contributed by atoms with van der Waals surface area (Å²) in [6.07, 6.45) is 17.1. The van der Waals surface area contributed by atoms with E-state index in [-0.39, 0.29) is 35.3 Å². The molecule has 0 aliphatic rings. The Balaban J connectivity index is 0. The quantitative estimate of drug-likeness (QED) is 0.206. The molecule has 0 aromatic carbocycles. The van der Waals surface area contributed by atoms with Gasteiger partial charge in [-0.15, -0.1) is 0 Å². The minimum Gasteiger partial charge on any atom is 1.00 e. The van der Waals surface area contributed by atoms with Gasteiger partial charge in [0.05, 0.1) is 0 Å². The number of hydrogen-bond acceptors (Lipinski definition) is 3. The van der Waals surface area contributed by atoms with E-state index in [1.54, 1.807) is 0 Å². The van der Waals surface area contributed by atoms with Gasteiger partial charge in [0.1, 0.15) is 0 Å². The molecule has 0 saturated heterocycles. The standard InChI is InChI=1S/C17H36O3SSe.Na/c1-2-3-4-5-6-7-8-9-10-11-12-13-16-22-17-14-15-21(18,19)20;/h2-17H2,1H3,(H,18,19,20);/q;+1/p-1. The van der Waals surface area contributed by atoms with Gasteiger partial charge in [0.15, 0.2) is 0 Å². The molecule has 0 saturated carbocycles. The summed E-state index contributed by atoms with van der Waals surface area (Å²) in [5.41, 5.74) is 0. The molecular formula is C17H35NaO3SSe. The van der Waals surface area contributed by atoms with Gasteiger partial charge in [-0.3, -0.25) is 0 Å². The van der Waals surface area contributed by atoms with Crippen LogP contribution in [0.2, 0.25) is 10.6 Å². The predicted molar refractivity (Wildman–Crippen MR) is 95.6 cm³/mol. The van der Waals surface area contributed by atoms with E-state index in [0.717, 1.165) is 5.32 Å². The van der Waals surface area contributed by atoms with Gasteiger partial charge in [0.25, 0.3) is 0 Å². The molecule has 0 spiro atoms. The minimum absolute atomic E-state index is 0. The van der Waals surface area contributed by atoms with Crippen LogP contribution in [0.25, 0.3) is 0 Å². The molecule has 0 bridgehead atoms. The van der Waals surface area contributed by atoms with Crippen LogP contribution in [0.3, 0.4) is 0 Å². The average Bonchev–Trinajstić information content (AvgIpc) is 2.45. The molecule has 6 heteroatoms. The maximum atomic E-state index is 10.4. The Bertz CT molecular complexity index is 324. The minimum atomic E-state index is -3.98. The molecule has 0 aromatic heterocycles. The van der Waals surface area contributed by atoms with Gasteiger partial charge in [-0.25, -0.2) is 0 Å². The van der Waals surface area contributed by atoms with Crippen LogP contribution in [0.4, 0.5) is 0 Å². The van der Waals surface area contributed by atoms with Gasteiger partial charge in [0, 0.05) is 0 Å². The van der Waals surface area contributed by atoms with Crippen LogP contribution >= 0.6 is 0 Å². The Kier molecular flexibility index (Phi) is 22.9. The van der Waals surface area contributed by atoms with Gasteiger partial charge in [-0.05, 0) is 0 Å². The zero-order valence-electron chi connectivity index (χ0n) is 15.4. The fourth-order valence-electron chi connectivity index (χ4n) is 2.48. The smallest absolute Gasteiger partial charge is 1.00 e. The van der Waals surface area contributed by atoms with E-state index in [1.165, 1.54) is 82.4 Å². The normalized spacial score (nSPS) is 11.4. The van der Waals surface area contributed by atoms with Crippen molar-refractivity contribution >= 4 is 25.1 Å². The molecule has 0 rings (SSSR count). The number of rotatable bonds is 17. The third-order valence-electron chi connectivity index (χ3n) is 3.83. The number of unbranched alkanes of at least 4 members (excludes halogenated alkanes) is 11. The van der Waals surface area contributed by atoms with Gasteiger partial charge >= 0.3 is 161 Å². The molecule has 3 nitrogen and oxygen atoms in total. The van der Waals surface area contributed by atoms with Crippen LogP contribution < -0.4 is 29.6 Å². The maximum absolute atomic E-state index is 10.4. The van der Waals surface area contributed by atoms with Crippen molar-refractivity contribution in [3.05, 3.63) is 0 Å². The Labute approximate surface area is 173 Å². The largest absolute Gasteiger partial charge is 1.00 e. The molecule has 0 unspecified atom stereocenters. The van der Waals surface area contributed by atoms with E-state index < -0.39 is 10.1 Å². The van der Waals surface area contributed by atoms with E-state index in [1.807, 2.05) is 0 Å². The van der Waals surface area contributed by atoms with E-state index in [2.05, 4.69) is 6.92 Å². The van der Waals surface area contributed by atoms with Gasteiger partial charge in [-0.2, -0.15) is 0 Å². The first kappa shape index (κ1) is 26.7. The van der Waals surface area contributed by atoms with Crippen molar-refractivity contribution in [2.45, 2.75) is 101 Å². The van der Waals surface area contributed by atoms with Crippen molar-refractivity contribution in [2.75, 3.05) is 5.75 Å². The van der Waals surface area contributed by atoms with E-state index in [0.29, 0.717) is 21.4 Å². The monoisotopic (exact) mass is 422 g/mol. The Morgan fingerprint density at radius 2 is 1.09 bits per heavy atom. The zero-order chi connectivity index (χ0) is 16.5. The van der Waals surface area contributed by atoms with Crippen molar-refractivity contribution in [2.24, 2.45) is 0 Å². The first-order valence-corrected chi connectivity index (χ1v) is 13.1. The summed E-state index contributed by atoms with van der Waals surface area (Å²) in [6, 6.07) is 0. The van der Waals surface area contributed by atoms with Crippen LogP contribution in [0, 0.1) is 0 Å². The molecule has 0 amide bonds. The zero-order valence-corrected chi connectivity index (χ0v) is 19.9. The summed E-state index contributed by atoms with van der Waals surface area (Å²) in [5.74, 6) is -0.173. The van der Waals surface area contributed by atoms with Gasteiger partial charge < -0.3 is 0 Å². The van der Waals surface area contributed by atoms with E-state index >= 15 is 0 Å². The molecule has 0 aliphatic heterocycles. The van der Waals surface area contributed by atoms with Crippen LogP contribution in [-0.2, 0) is 10.1 Å². The van der Waals surface area contributed by atoms with Crippen molar-refractivity contribution < 1.29 is 42.5 Å². The molecule has 0 heterocycles. The van der Waals surface area contributed by atoms with E-state index in [4.69, 9.17) is 0 Å². The van der Waals surface area contributed by atoms with Crippen molar-refractivity contribution in [1.29, 1.82) is 0 Å². The maximum Gasteiger partial charge on any atom is 1.00 e. The SMILES string of the molecule is CCCCCCCCCCCCCC[Se]CCCS(=O)(=O)[O-].[Na+]. The summed E-state index contributed by atoms with van der Waals surface area (Å²) >= 11 is 0.531. The summed E-state index contributed by atoms with van der Waals surface area (Å²) in [6.45, 7) is 2.26. The van der Waals surface area contributed by atoms with Crippen molar-refractivity contribution in [3.63, 3.8) is 0 Å². The third kappa shape index (κ3) is 25.8. The summed E-state index contributed by atoms with van der Waals surface area (Å²) in [4.78, 5) is 0. The molecule has 0 aliphatic carbocycles. The van der Waals surface area contributed by atoms with Crippen LogP contribution in [-0.4, -0.2) is 33.7 Å². The summed E-state index contributed by atoms with van der Waals surface area (Å²) < 4.78 is 31.3. The third-order valence-corrected chi connectivity index (χ3v) is 7.04. The fourth-order valence-corrected chi connectivity index (χ4v) is 5.41. The molecule has 0 N–H and O–H groups in total. The molecular weight excluding hydrogens is 386 g/mol. The van der Waals surface area contributed by atoms with Gasteiger partial charge in [0.2, 0.25) is 0 Å². The Hall–Kier alpha value is 1.43. The second-order valence-corrected chi connectivity index (χ2v) is 10.2. The Morgan fingerprint density at radius 3 is 1.52 bits per heavy atom. The van der Waals surface area contributed by atoms with Crippen LogP contribution in [0.15, 0.2) is 0 Å². The first-order valence-electron chi connectivity index (χ1n) is 9.07. The van der Waals surface area contributed by atoms with Crippen LogP contribution in [0.1, 0.15) is 90.4 Å².